The van der Waals surface area contributed by atoms with Gasteiger partial charge >= 0.3 is 5.97 Å². The van der Waals surface area contributed by atoms with Gasteiger partial charge in [0, 0.05) is 12.6 Å². The van der Waals surface area contributed by atoms with E-state index in [2.05, 4.69) is 31.3 Å². The fraction of sp³-hybridized carbons (Fsp3) is 0.500. The Morgan fingerprint density at radius 1 is 1.29 bits per heavy atom. The van der Waals surface area contributed by atoms with E-state index >= 15 is 0 Å². The molecule has 0 heterocycles. The molecule has 1 aromatic carbocycles. The number of carbonyl (C=O) groups is 1. The van der Waals surface area contributed by atoms with Crippen LogP contribution >= 0.6 is 0 Å². The Morgan fingerprint density at radius 2 is 1.94 bits per heavy atom. The zero-order chi connectivity index (χ0) is 12.8. The van der Waals surface area contributed by atoms with Gasteiger partial charge in [0.15, 0.2) is 0 Å². The van der Waals surface area contributed by atoms with Crippen LogP contribution < -0.4 is 5.32 Å². The number of rotatable bonds is 6. The van der Waals surface area contributed by atoms with E-state index in [-0.39, 0.29) is 5.92 Å². The van der Waals surface area contributed by atoms with Crippen molar-refractivity contribution in [3.8, 4) is 0 Å². The highest BCUT2D eigenvalue weighted by atomic mass is 16.4. The summed E-state index contributed by atoms with van der Waals surface area (Å²) in [7, 11) is 0. The van der Waals surface area contributed by atoms with Gasteiger partial charge in [-0.25, -0.2) is 0 Å². The molecule has 1 rings (SSSR count). The van der Waals surface area contributed by atoms with Crippen molar-refractivity contribution in [1.82, 2.24) is 5.32 Å². The summed E-state index contributed by atoms with van der Waals surface area (Å²) in [5.74, 6) is -1.07. The summed E-state index contributed by atoms with van der Waals surface area (Å²) in [6.45, 7) is 6.78. The minimum absolute atomic E-state index is 0.330. The van der Waals surface area contributed by atoms with E-state index in [0.717, 1.165) is 12.1 Å². The van der Waals surface area contributed by atoms with Crippen molar-refractivity contribution in [3.05, 3.63) is 35.4 Å². The van der Waals surface area contributed by atoms with Crippen LogP contribution in [0.15, 0.2) is 24.3 Å². The maximum atomic E-state index is 10.8. The molecule has 17 heavy (non-hydrogen) atoms. The highest BCUT2D eigenvalue weighted by Gasteiger charge is 2.11. The van der Waals surface area contributed by atoms with Gasteiger partial charge in [0.25, 0.3) is 0 Å². The van der Waals surface area contributed by atoms with Crippen molar-refractivity contribution in [1.29, 1.82) is 0 Å². The standard InChI is InChI=1S/C14H21NO2/c1-10(2)15-9-13-6-4-5-12(8-13)7-11(3)14(16)17/h4-6,8,10-11,15H,7,9H2,1-3H3,(H,16,17). The Kier molecular flexibility index (Phi) is 5.16. The molecule has 0 aliphatic heterocycles. The fourth-order valence-electron chi connectivity index (χ4n) is 1.63. The minimum atomic E-state index is -0.740. The minimum Gasteiger partial charge on any atom is -0.481 e. The van der Waals surface area contributed by atoms with Gasteiger partial charge in [-0.05, 0) is 17.5 Å². The van der Waals surface area contributed by atoms with Gasteiger partial charge in [-0.3, -0.25) is 4.79 Å². The lowest BCUT2D eigenvalue weighted by Gasteiger charge is -2.10. The second kappa shape index (κ2) is 6.40. The molecule has 3 nitrogen and oxygen atoms in total. The molecular formula is C14H21NO2. The summed E-state index contributed by atoms with van der Waals surface area (Å²) in [6, 6.07) is 8.56. The largest absolute Gasteiger partial charge is 0.481 e. The van der Waals surface area contributed by atoms with Crippen LogP contribution in [0.25, 0.3) is 0 Å². The van der Waals surface area contributed by atoms with E-state index in [1.807, 2.05) is 12.1 Å². The van der Waals surface area contributed by atoms with E-state index < -0.39 is 5.97 Å². The van der Waals surface area contributed by atoms with Crippen molar-refractivity contribution in [2.45, 2.75) is 39.8 Å². The Hall–Kier alpha value is -1.35. The molecule has 1 atom stereocenters. The van der Waals surface area contributed by atoms with Gasteiger partial charge in [0.05, 0.1) is 5.92 Å². The lowest BCUT2D eigenvalue weighted by Crippen LogP contribution is -2.21. The summed E-state index contributed by atoms with van der Waals surface area (Å²) in [5, 5.41) is 12.2. The second-order valence-electron chi connectivity index (χ2n) is 4.80. The Morgan fingerprint density at radius 3 is 2.53 bits per heavy atom. The van der Waals surface area contributed by atoms with Gasteiger partial charge in [-0.2, -0.15) is 0 Å². The number of nitrogens with one attached hydrogen (secondary N) is 1. The SMILES string of the molecule is CC(C)NCc1cccc(CC(C)C(=O)O)c1. The van der Waals surface area contributed by atoms with Crippen LogP contribution in [0.3, 0.4) is 0 Å². The van der Waals surface area contributed by atoms with Gasteiger partial charge in [0.2, 0.25) is 0 Å². The predicted octanol–water partition coefficient (Wildman–Crippen LogP) is 2.45. The Labute approximate surface area is 103 Å². The summed E-state index contributed by atoms with van der Waals surface area (Å²) in [5.41, 5.74) is 2.29. The van der Waals surface area contributed by atoms with Gasteiger partial charge in [0.1, 0.15) is 0 Å². The molecule has 0 amide bonds. The molecule has 0 aliphatic rings. The summed E-state index contributed by atoms with van der Waals surface area (Å²) < 4.78 is 0. The monoisotopic (exact) mass is 235 g/mol. The molecule has 94 valence electrons. The first-order valence-corrected chi connectivity index (χ1v) is 6.03. The van der Waals surface area contributed by atoms with Crippen LogP contribution in [-0.4, -0.2) is 17.1 Å². The topological polar surface area (TPSA) is 49.3 Å². The average Bonchev–Trinajstić information content (AvgIpc) is 2.26. The molecule has 2 N–H and O–H groups in total. The number of hydrogen-bond donors (Lipinski definition) is 2. The highest BCUT2D eigenvalue weighted by Crippen LogP contribution is 2.11. The highest BCUT2D eigenvalue weighted by molar-refractivity contribution is 5.69. The van der Waals surface area contributed by atoms with Crippen LogP contribution in [0.1, 0.15) is 31.9 Å². The number of carboxylic acids is 1. The molecule has 0 saturated carbocycles. The van der Waals surface area contributed by atoms with E-state index in [9.17, 15) is 4.79 Å². The summed E-state index contributed by atoms with van der Waals surface area (Å²) in [6.07, 6.45) is 0.588. The third-order valence-corrected chi connectivity index (χ3v) is 2.67. The summed E-state index contributed by atoms with van der Waals surface area (Å²) in [4.78, 5) is 10.8. The van der Waals surface area contributed by atoms with Crippen LogP contribution in [0.5, 0.6) is 0 Å². The van der Waals surface area contributed by atoms with E-state index in [1.54, 1.807) is 6.92 Å². The predicted molar refractivity (Wildman–Crippen MR) is 68.9 cm³/mol. The van der Waals surface area contributed by atoms with Crippen molar-refractivity contribution in [2.24, 2.45) is 5.92 Å². The maximum Gasteiger partial charge on any atom is 0.306 e. The molecule has 1 aromatic rings. The van der Waals surface area contributed by atoms with Crippen LogP contribution in [0.4, 0.5) is 0 Å². The smallest absolute Gasteiger partial charge is 0.306 e. The lowest BCUT2D eigenvalue weighted by molar-refractivity contribution is -0.141. The average molecular weight is 235 g/mol. The number of hydrogen-bond acceptors (Lipinski definition) is 2. The van der Waals surface area contributed by atoms with Crippen LogP contribution in [-0.2, 0) is 17.8 Å². The molecule has 0 saturated heterocycles. The van der Waals surface area contributed by atoms with Crippen molar-refractivity contribution >= 4 is 5.97 Å². The quantitative estimate of drug-likeness (QED) is 0.796. The maximum absolute atomic E-state index is 10.8. The first kappa shape index (κ1) is 13.7. The third-order valence-electron chi connectivity index (χ3n) is 2.67. The third kappa shape index (κ3) is 5.00. The number of benzene rings is 1. The fourth-order valence-corrected chi connectivity index (χ4v) is 1.63. The van der Waals surface area contributed by atoms with E-state index in [0.29, 0.717) is 12.5 Å². The van der Waals surface area contributed by atoms with Gasteiger partial charge in [-0.1, -0.05) is 45.0 Å². The molecule has 0 aromatic heterocycles. The molecule has 0 fully saturated rings. The molecular weight excluding hydrogens is 214 g/mol. The molecule has 0 spiro atoms. The van der Waals surface area contributed by atoms with Crippen LogP contribution in [0, 0.1) is 5.92 Å². The molecule has 0 bridgehead atoms. The first-order valence-electron chi connectivity index (χ1n) is 6.03. The van der Waals surface area contributed by atoms with E-state index in [4.69, 9.17) is 5.11 Å². The van der Waals surface area contributed by atoms with Crippen molar-refractivity contribution in [2.75, 3.05) is 0 Å². The normalized spacial score (nSPS) is 12.7. The lowest BCUT2D eigenvalue weighted by atomic mass is 9.99. The zero-order valence-electron chi connectivity index (χ0n) is 10.7. The van der Waals surface area contributed by atoms with Crippen LogP contribution in [0.2, 0.25) is 0 Å². The summed E-state index contributed by atoms with van der Waals surface area (Å²) >= 11 is 0. The van der Waals surface area contributed by atoms with Crippen molar-refractivity contribution < 1.29 is 9.90 Å². The second-order valence-corrected chi connectivity index (χ2v) is 4.80. The Bertz CT molecular complexity index is 374. The molecule has 0 aliphatic carbocycles. The number of aliphatic carboxylic acids is 1. The van der Waals surface area contributed by atoms with Crippen molar-refractivity contribution in [3.63, 3.8) is 0 Å². The van der Waals surface area contributed by atoms with Gasteiger partial charge in [-0.15, -0.1) is 0 Å². The van der Waals surface area contributed by atoms with Gasteiger partial charge < -0.3 is 10.4 Å². The Balaban J connectivity index is 2.62. The zero-order valence-corrected chi connectivity index (χ0v) is 10.7. The number of carboxylic acid groups (broad SMARTS) is 1. The molecule has 1 unspecified atom stereocenters. The molecule has 3 heteroatoms. The van der Waals surface area contributed by atoms with E-state index in [1.165, 1.54) is 5.56 Å². The molecule has 0 radical (unpaired) electrons. The first-order chi connectivity index (χ1) is 7.99.